The van der Waals surface area contributed by atoms with Crippen molar-refractivity contribution < 1.29 is 19.1 Å². The quantitative estimate of drug-likeness (QED) is 0.398. The highest BCUT2D eigenvalue weighted by Crippen LogP contribution is 2.40. The first-order chi connectivity index (χ1) is 11.0. The smallest absolute Gasteiger partial charge is 0.319 e. The van der Waals surface area contributed by atoms with E-state index in [4.69, 9.17) is 21.1 Å². The summed E-state index contributed by atoms with van der Waals surface area (Å²) in [6.07, 6.45) is 3.73. The van der Waals surface area contributed by atoms with Gasteiger partial charge in [-0.3, -0.25) is 9.59 Å². The van der Waals surface area contributed by atoms with E-state index in [1.165, 1.54) is 0 Å². The van der Waals surface area contributed by atoms with Crippen molar-refractivity contribution in [2.45, 2.75) is 44.0 Å². The Hall–Kier alpha value is -1.07. The highest BCUT2D eigenvalue weighted by atomic mass is 79.9. The number of carbonyl (C=O) groups is 2. The highest BCUT2D eigenvalue weighted by Gasteiger charge is 2.50. The monoisotopic (exact) mass is 402 g/mol. The van der Waals surface area contributed by atoms with Gasteiger partial charge in [0.15, 0.2) is 0 Å². The summed E-state index contributed by atoms with van der Waals surface area (Å²) in [7, 11) is 0. The van der Waals surface area contributed by atoms with Crippen LogP contribution in [0.15, 0.2) is 24.3 Å². The molecule has 1 atom stereocenters. The van der Waals surface area contributed by atoms with Gasteiger partial charge in [0, 0.05) is 5.02 Å². The number of rotatable bonds is 6. The zero-order valence-corrected chi connectivity index (χ0v) is 15.4. The molecule has 1 saturated carbocycles. The number of hydrogen-bond donors (Lipinski definition) is 0. The van der Waals surface area contributed by atoms with Crippen LogP contribution >= 0.6 is 27.5 Å². The van der Waals surface area contributed by atoms with E-state index < -0.39 is 16.4 Å². The summed E-state index contributed by atoms with van der Waals surface area (Å²) in [6.45, 7) is 2.01. The van der Waals surface area contributed by atoms with E-state index in [0.29, 0.717) is 23.6 Å². The maximum Gasteiger partial charge on any atom is 0.319 e. The molecule has 23 heavy (non-hydrogen) atoms. The second kappa shape index (κ2) is 8.15. The van der Waals surface area contributed by atoms with Crippen LogP contribution < -0.4 is 4.74 Å². The Bertz CT molecular complexity index is 552. The van der Waals surface area contributed by atoms with Crippen molar-refractivity contribution >= 4 is 39.3 Å². The lowest BCUT2D eigenvalue weighted by atomic mass is 9.71. The van der Waals surface area contributed by atoms with Gasteiger partial charge in [-0.25, -0.2) is 0 Å². The number of esters is 1. The normalized spacial score (nSPS) is 18.0. The molecule has 6 heteroatoms. The van der Waals surface area contributed by atoms with Gasteiger partial charge in [-0.05, 0) is 60.0 Å². The van der Waals surface area contributed by atoms with Crippen molar-refractivity contribution in [3.05, 3.63) is 29.3 Å². The lowest BCUT2D eigenvalue weighted by molar-refractivity contribution is -0.163. The van der Waals surface area contributed by atoms with Gasteiger partial charge in [-0.15, -0.1) is 0 Å². The minimum atomic E-state index is -1.10. The van der Waals surface area contributed by atoms with Crippen LogP contribution in [0, 0.1) is 5.41 Å². The molecule has 0 N–H and O–H groups in total. The maximum absolute atomic E-state index is 12.9. The molecule has 4 nitrogen and oxygen atoms in total. The van der Waals surface area contributed by atoms with E-state index in [1.54, 1.807) is 31.2 Å². The van der Waals surface area contributed by atoms with E-state index in [1.807, 2.05) is 0 Å². The topological polar surface area (TPSA) is 52.6 Å². The van der Waals surface area contributed by atoms with Gasteiger partial charge in [0.2, 0.25) is 10.8 Å². The minimum absolute atomic E-state index is 0.263. The molecule has 1 aliphatic carbocycles. The summed E-state index contributed by atoms with van der Waals surface area (Å²) in [5.41, 5.74) is -1.10. The van der Waals surface area contributed by atoms with Crippen molar-refractivity contribution in [2.24, 2.45) is 5.41 Å². The number of alkyl halides is 1. The number of carbonyl (C=O) groups excluding carboxylic acids is 2. The third-order valence-corrected chi connectivity index (χ3v) is 4.96. The Morgan fingerprint density at radius 3 is 2.39 bits per heavy atom. The van der Waals surface area contributed by atoms with Crippen LogP contribution in [0.3, 0.4) is 0 Å². The van der Waals surface area contributed by atoms with Crippen molar-refractivity contribution in [1.29, 1.82) is 0 Å². The number of benzene rings is 1. The zero-order valence-electron chi connectivity index (χ0n) is 13.0. The summed E-state index contributed by atoms with van der Waals surface area (Å²) >= 11 is 9.11. The molecule has 0 radical (unpaired) electrons. The van der Waals surface area contributed by atoms with Gasteiger partial charge in [-0.1, -0.05) is 30.9 Å². The SMILES string of the molecule is CCOC(=O)C1(C(=O)C(Br)Oc2ccc(Cl)cc2)CCCCC1. The fraction of sp³-hybridized carbons (Fsp3) is 0.529. The molecule has 2 rings (SSSR count). The van der Waals surface area contributed by atoms with Crippen molar-refractivity contribution in [3.63, 3.8) is 0 Å². The molecule has 1 aliphatic rings. The Kier molecular flexibility index (Phi) is 6.48. The molecule has 0 spiro atoms. The van der Waals surface area contributed by atoms with E-state index in [2.05, 4.69) is 15.9 Å². The third-order valence-electron chi connectivity index (χ3n) is 4.10. The summed E-state index contributed by atoms with van der Waals surface area (Å²) in [4.78, 5) is 25.3. The van der Waals surface area contributed by atoms with Crippen LogP contribution in [-0.4, -0.2) is 23.4 Å². The van der Waals surface area contributed by atoms with Crippen LogP contribution in [0.5, 0.6) is 5.75 Å². The Balaban J connectivity index is 2.15. The van der Waals surface area contributed by atoms with Crippen molar-refractivity contribution in [1.82, 2.24) is 0 Å². The van der Waals surface area contributed by atoms with Gasteiger partial charge in [0.25, 0.3) is 0 Å². The Morgan fingerprint density at radius 1 is 1.22 bits per heavy atom. The molecule has 0 saturated heterocycles. The number of ether oxygens (including phenoxy) is 2. The predicted molar refractivity (Wildman–Crippen MR) is 92.0 cm³/mol. The summed E-state index contributed by atoms with van der Waals surface area (Å²) in [6, 6.07) is 6.73. The first-order valence-electron chi connectivity index (χ1n) is 7.77. The van der Waals surface area contributed by atoms with Crippen LogP contribution in [0.1, 0.15) is 39.0 Å². The van der Waals surface area contributed by atoms with Gasteiger partial charge >= 0.3 is 5.97 Å². The molecule has 1 aromatic carbocycles. The lowest BCUT2D eigenvalue weighted by Crippen LogP contribution is -2.47. The molecular formula is C17H20BrClO4. The van der Waals surface area contributed by atoms with E-state index in [9.17, 15) is 9.59 Å². The fourth-order valence-corrected chi connectivity index (χ4v) is 3.66. The average molecular weight is 404 g/mol. The molecule has 0 amide bonds. The van der Waals surface area contributed by atoms with E-state index >= 15 is 0 Å². The van der Waals surface area contributed by atoms with Gasteiger partial charge in [-0.2, -0.15) is 0 Å². The van der Waals surface area contributed by atoms with Crippen LogP contribution in [0.2, 0.25) is 5.02 Å². The number of Topliss-reactive ketones (excluding diaryl/α,β-unsaturated/α-hetero) is 1. The molecule has 0 aliphatic heterocycles. The summed E-state index contributed by atoms with van der Waals surface area (Å²) in [5.74, 6) is -0.195. The summed E-state index contributed by atoms with van der Waals surface area (Å²) in [5, 5.41) is -0.309. The third kappa shape index (κ3) is 4.27. The first-order valence-corrected chi connectivity index (χ1v) is 9.07. The number of halogens is 2. The van der Waals surface area contributed by atoms with Crippen molar-refractivity contribution in [3.8, 4) is 5.75 Å². The second-order valence-corrected chi connectivity index (χ2v) is 6.88. The average Bonchev–Trinajstić information content (AvgIpc) is 2.57. The molecule has 0 aromatic heterocycles. The maximum atomic E-state index is 12.9. The highest BCUT2D eigenvalue weighted by molar-refractivity contribution is 9.09. The molecule has 0 heterocycles. The molecular weight excluding hydrogens is 384 g/mol. The Labute approximate surface area is 149 Å². The predicted octanol–water partition coefficient (Wildman–Crippen LogP) is 4.52. The number of ketones is 1. The molecule has 1 fully saturated rings. The van der Waals surface area contributed by atoms with E-state index in [0.717, 1.165) is 19.3 Å². The molecule has 126 valence electrons. The van der Waals surface area contributed by atoms with E-state index in [-0.39, 0.29) is 12.4 Å². The van der Waals surface area contributed by atoms with Gasteiger partial charge in [0.1, 0.15) is 11.2 Å². The Morgan fingerprint density at radius 2 is 1.83 bits per heavy atom. The van der Waals surface area contributed by atoms with Gasteiger partial charge in [0.05, 0.1) is 6.61 Å². The molecule has 0 bridgehead atoms. The van der Waals surface area contributed by atoms with Crippen LogP contribution in [0.25, 0.3) is 0 Å². The fourth-order valence-electron chi connectivity index (χ4n) is 2.88. The first kappa shape index (κ1) is 18.3. The number of hydrogen-bond acceptors (Lipinski definition) is 4. The van der Waals surface area contributed by atoms with Crippen LogP contribution in [0.4, 0.5) is 0 Å². The standard InChI is InChI=1S/C17H20BrClO4/c1-2-22-16(21)17(10-4-3-5-11-17)14(20)15(18)23-13-8-6-12(19)7-9-13/h6-9,15H,2-5,10-11H2,1H3. The molecule has 1 unspecified atom stereocenters. The molecule has 1 aromatic rings. The summed E-state index contributed by atoms with van der Waals surface area (Å²) < 4.78 is 10.8. The van der Waals surface area contributed by atoms with Crippen LogP contribution in [-0.2, 0) is 14.3 Å². The second-order valence-electron chi connectivity index (χ2n) is 5.62. The minimum Gasteiger partial charge on any atom is -0.471 e. The van der Waals surface area contributed by atoms with Crippen molar-refractivity contribution in [2.75, 3.05) is 6.61 Å². The van der Waals surface area contributed by atoms with Gasteiger partial charge < -0.3 is 9.47 Å². The largest absolute Gasteiger partial charge is 0.471 e. The zero-order chi connectivity index (χ0) is 16.9. The lowest BCUT2D eigenvalue weighted by Gasteiger charge is -2.34.